The summed E-state index contributed by atoms with van der Waals surface area (Å²) in [5.74, 6) is -0.997. The number of amides is 4. The molecular weight excluding hydrogens is 531 g/mol. The molecule has 1 aliphatic rings. The highest BCUT2D eigenvalue weighted by Crippen LogP contribution is 2.39. The number of carbonyl (C=O) groups is 3. The number of benzene rings is 3. The summed E-state index contributed by atoms with van der Waals surface area (Å²) in [5, 5.41) is 2.78. The number of halogens is 2. The number of carbonyl (C=O) groups excluding carboxylic acids is 3. The lowest BCUT2D eigenvalue weighted by Gasteiger charge is -2.28. The van der Waals surface area contributed by atoms with Gasteiger partial charge >= 0.3 is 6.03 Å². The first-order valence-electron chi connectivity index (χ1n) is 11.4. The number of barbiturate groups is 1. The highest BCUT2D eigenvalue weighted by atomic mass is 35.5. The minimum Gasteiger partial charge on any atom is -0.495 e. The van der Waals surface area contributed by atoms with Crippen LogP contribution in [0.1, 0.15) is 22.3 Å². The Balaban J connectivity index is 1.72. The number of hydrogen-bond acceptors (Lipinski definition) is 6. The van der Waals surface area contributed by atoms with Crippen LogP contribution in [-0.2, 0) is 16.2 Å². The van der Waals surface area contributed by atoms with Crippen LogP contribution in [0.2, 0.25) is 10.0 Å². The molecule has 4 amide bonds. The molecule has 1 saturated heterocycles. The van der Waals surface area contributed by atoms with E-state index in [0.717, 1.165) is 16.0 Å². The van der Waals surface area contributed by atoms with Gasteiger partial charge in [0.05, 0.1) is 24.9 Å². The van der Waals surface area contributed by atoms with Crippen LogP contribution < -0.4 is 24.4 Å². The minimum absolute atomic E-state index is 0.0481. The van der Waals surface area contributed by atoms with Gasteiger partial charge in [-0.15, -0.1) is 0 Å². The first-order chi connectivity index (χ1) is 18.1. The molecule has 0 saturated carbocycles. The van der Waals surface area contributed by atoms with Gasteiger partial charge in [0.15, 0.2) is 0 Å². The number of ether oxygens (including phenoxy) is 3. The predicted molar refractivity (Wildman–Crippen MR) is 145 cm³/mol. The third kappa shape index (κ3) is 5.46. The maximum Gasteiger partial charge on any atom is 0.336 e. The maximum absolute atomic E-state index is 13.5. The molecule has 10 heteroatoms. The normalized spacial score (nSPS) is 14.5. The van der Waals surface area contributed by atoms with Crippen LogP contribution in [-0.4, -0.2) is 32.1 Å². The molecule has 3 aromatic carbocycles. The molecule has 0 bridgehead atoms. The van der Waals surface area contributed by atoms with Crippen molar-refractivity contribution in [2.24, 2.45) is 0 Å². The largest absolute Gasteiger partial charge is 0.495 e. The third-order valence-corrected chi connectivity index (χ3v) is 6.56. The summed E-state index contributed by atoms with van der Waals surface area (Å²) in [7, 11) is 2.75. The summed E-state index contributed by atoms with van der Waals surface area (Å²) >= 11 is 12.4. The fourth-order valence-corrected chi connectivity index (χ4v) is 4.28. The molecule has 8 nitrogen and oxygen atoms in total. The van der Waals surface area contributed by atoms with E-state index in [1.165, 1.54) is 38.0 Å². The Labute approximate surface area is 229 Å². The lowest BCUT2D eigenvalue weighted by molar-refractivity contribution is -0.122. The summed E-state index contributed by atoms with van der Waals surface area (Å²) < 4.78 is 16.6. The van der Waals surface area contributed by atoms with Gasteiger partial charge in [0, 0.05) is 22.7 Å². The van der Waals surface area contributed by atoms with Crippen LogP contribution in [0.15, 0.2) is 54.1 Å². The quantitative estimate of drug-likeness (QED) is 0.290. The van der Waals surface area contributed by atoms with Crippen molar-refractivity contribution in [1.29, 1.82) is 0 Å². The molecule has 0 radical (unpaired) electrons. The van der Waals surface area contributed by atoms with Crippen LogP contribution in [0.5, 0.6) is 17.2 Å². The van der Waals surface area contributed by atoms with Crippen LogP contribution in [0.25, 0.3) is 6.08 Å². The molecule has 0 aromatic heterocycles. The molecule has 38 heavy (non-hydrogen) atoms. The summed E-state index contributed by atoms with van der Waals surface area (Å²) in [4.78, 5) is 39.8. The average molecular weight is 555 g/mol. The SMILES string of the molecule is COc1cc(N2C(=O)NC(=O)/C(=C\c3cc(Cl)ccc3OCc3ccc(C)c(C)c3)C2=O)c(OC)cc1Cl. The predicted octanol–water partition coefficient (Wildman–Crippen LogP) is 5.87. The summed E-state index contributed by atoms with van der Waals surface area (Å²) in [6, 6.07) is 12.7. The van der Waals surface area contributed by atoms with Crippen LogP contribution in [0.4, 0.5) is 10.5 Å². The van der Waals surface area contributed by atoms with Crippen LogP contribution in [0.3, 0.4) is 0 Å². The van der Waals surface area contributed by atoms with Gasteiger partial charge in [0.1, 0.15) is 29.4 Å². The van der Waals surface area contributed by atoms with Gasteiger partial charge in [-0.2, -0.15) is 0 Å². The van der Waals surface area contributed by atoms with Crippen molar-refractivity contribution in [3.63, 3.8) is 0 Å². The molecule has 1 aliphatic heterocycles. The first-order valence-corrected chi connectivity index (χ1v) is 12.2. The number of rotatable bonds is 7. The molecule has 1 fully saturated rings. The number of nitrogens with one attached hydrogen (secondary N) is 1. The zero-order valence-corrected chi connectivity index (χ0v) is 22.6. The smallest absolute Gasteiger partial charge is 0.336 e. The van der Waals surface area contributed by atoms with Gasteiger partial charge in [-0.25, -0.2) is 9.69 Å². The maximum atomic E-state index is 13.5. The standard InChI is InChI=1S/C28H24Cl2N2O6/c1-15-5-6-17(9-16(15)2)14-38-23-8-7-19(29)10-18(23)11-20-26(33)31-28(35)32(27(20)34)22-13-24(36-3)21(30)12-25(22)37-4/h5-13H,14H2,1-4H3,(H,31,33,35)/b20-11+. The van der Waals surface area contributed by atoms with Gasteiger partial charge in [-0.3, -0.25) is 14.9 Å². The Bertz CT molecular complexity index is 1480. The molecule has 0 atom stereocenters. The van der Waals surface area contributed by atoms with E-state index in [4.69, 9.17) is 37.4 Å². The zero-order valence-electron chi connectivity index (χ0n) is 21.1. The Morgan fingerprint density at radius 3 is 2.29 bits per heavy atom. The van der Waals surface area contributed by atoms with Crippen molar-refractivity contribution in [2.45, 2.75) is 20.5 Å². The van der Waals surface area contributed by atoms with Crippen molar-refractivity contribution in [3.05, 3.63) is 86.4 Å². The van der Waals surface area contributed by atoms with Crippen molar-refractivity contribution in [1.82, 2.24) is 5.32 Å². The van der Waals surface area contributed by atoms with Crippen LogP contribution in [0, 0.1) is 13.8 Å². The van der Waals surface area contributed by atoms with Crippen LogP contribution >= 0.6 is 23.2 Å². The van der Waals surface area contributed by atoms with E-state index in [1.54, 1.807) is 18.2 Å². The number of imide groups is 2. The molecule has 1 N–H and O–H groups in total. The number of urea groups is 1. The number of methoxy groups -OCH3 is 2. The minimum atomic E-state index is -0.947. The van der Waals surface area contributed by atoms with Gasteiger partial charge < -0.3 is 14.2 Å². The highest BCUT2D eigenvalue weighted by Gasteiger charge is 2.39. The molecule has 1 heterocycles. The van der Waals surface area contributed by atoms with Gasteiger partial charge in [-0.1, -0.05) is 41.4 Å². The van der Waals surface area contributed by atoms with E-state index in [1.807, 2.05) is 32.0 Å². The number of anilines is 1. The third-order valence-electron chi connectivity index (χ3n) is 6.03. The lowest BCUT2D eigenvalue weighted by Crippen LogP contribution is -2.54. The molecule has 4 rings (SSSR count). The lowest BCUT2D eigenvalue weighted by atomic mass is 10.1. The van der Waals surface area contributed by atoms with Gasteiger partial charge in [-0.05, 0) is 54.8 Å². The van der Waals surface area contributed by atoms with E-state index >= 15 is 0 Å². The monoisotopic (exact) mass is 554 g/mol. The van der Waals surface area contributed by atoms with Crippen molar-refractivity contribution in [2.75, 3.05) is 19.1 Å². The number of hydrogen-bond donors (Lipinski definition) is 1. The van der Waals surface area contributed by atoms with Gasteiger partial charge in [0.2, 0.25) is 0 Å². The molecule has 3 aromatic rings. The molecular formula is C28H24Cl2N2O6. The summed E-state index contributed by atoms with van der Waals surface area (Å²) in [5.41, 5.74) is 3.38. The Morgan fingerprint density at radius 2 is 1.61 bits per heavy atom. The van der Waals surface area contributed by atoms with Crippen molar-refractivity contribution >= 4 is 52.8 Å². The van der Waals surface area contributed by atoms with E-state index in [-0.39, 0.29) is 34.4 Å². The topological polar surface area (TPSA) is 94.2 Å². The fourth-order valence-electron chi connectivity index (χ4n) is 3.87. The zero-order chi connectivity index (χ0) is 27.6. The molecule has 0 spiro atoms. The van der Waals surface area contributed by atoms with Crippen molar-refractivity contribution < 1.29 is 28.6 Å². The second-order valence-corrected chi connectivity index (χ2v) is 9.35. The average Bonchev–Trinajstić information content (AvgIpc) is 2.88. The molecule has 0 unspecified atom stereocenters. The second kappa shape index (κ2) is 11.2. The Hall–Kier alpha value is -4.01. The number of nitrogens with zero attached hydrogens (tertiary/aromatic N) is 1. The van der Waals surface area contributed by atoms with E-state index in [9.17, 15) is 14.4 Å². The second-order valence-electron chi connectivity index (χ2n) is 8.51. The molecule has 0 aliphatic carbocycles. The highest BCUT2D eigenvalue weighted by molar-refractivity contribution is 6.40. The fraction of sp³-hybridized carbons (Fsp3) is 0.179. The summed E-state index contributed by atoms with van der Waals surface area (Å²) in [6.45, 7) is 4.30. The van der Waals surface area contributed by atoms with Gasteiger partial charge in [0.25, 0.3) is 11.8 Å². The van der Waals surface area contributed by atoms with E-state index in [0.29, 0.717) is 16.3 Å². The first kappa shape index (κ1) is 27.0. The summed E-state index contributed by atoms with van der Waals surface area (Å²) in [6.07, 6.45) is 1.33. The Kier molecular flexibility index (Phi) is 7.94. The Morgan fingerprint density at radius 1 is 0.868 bits per heavy atom. The van der Waals surface area contributed by atoms with E-state index in [2.05, 4.69) is 5.32 Å². The molecule has 196 valence electrons. The number of aryl methyl sites for hydroxylation is 2. The van der Waals surface area contributed by atoms with E-state index < -0.39 is 17.8 Å². The van der Waals surface area contributed by atoms with Crippen molar-refractivity contribution in [3.8, 4) is 17.2 Å².